The Hall–Kier alpha value is -0.606. The first-order valence-electron chi connectivity index (χ1n) is 10.1. The van der Waals surface area contributed by atoms with E-state index < -0.39 is 15.2 Å². The van der Waals surface area contributed by atoms with Gasteiger partial charge in [0, 0.05) is 15.2 Å². The summed E-state index contributed by atoms with van der Waals surface area (Å²) in [5.41, 5.74) is 2.04. The lowest BCUT2D eigenvalue weighted by molar-refractivity contribution is 0.540. The highest BCUT2D eigenvalue weighted by Gasteiger charge is 2.57. The summed E-state index contributed by atoms with van der Waals surface area (Å²) in [7, 11) is -2.50. The molecule has 4 rings (SSSR count). The van der Waals surface area contributed by atoms with Gasteiger partial charge >= 0.3 is 0 Å². The summed E-state index contributed by atoms with van der Waals surface area (Å²) in [4.78, 5) is 0. The molecule has 0 heterocycles. The van der Waals surface area contributed by atoms with Gasteiger partial charge in [0.1, 0.15) is 0 Å². The Balaban J connectivity index is 1.61. The molecule has 0 nitrogen and oxygen atoms in total. The van der Waals surface area contributed by atoms with Crippen molar-refractivity contribution in [3.63, 3.8) is 0 Å². The Labute approximate surface area is 150 Å². The van der Waals surface area contributed by atoms with Gasteiger partial charge < -0.3 is 0 Å². The minimum absolute atomic E-state index is 0.852. The van der Waals surface area contributed by atoms with Gasteiger partial charge in [0.25, 0.3) is 0 Å². The summed E-state index contributed by atoms with van der Waals surface area (Å²) in [6.45, 7) is 11.1. The van der Waals surface area contributed by atoms with Crippen molar-refractivity contribution in [1.82, 2.24) is 0 Å². The van der Waals surface area contributed by atoms with Crippen LogP contribution in [0.3, 0.4) is 0 Å². The topological polar surface area (TPSA) is 0 Å². The highest BCUT2D eigenvalue weighted by atomic mass is 29.3. The molecule has 24 heavy (non-hydrogen) atoms. The average Bonchev–Trinajstić information content (AvgIpc) is 3.19. The van der Waals surface area contributed by atoms with Crippen LogP contribution < -0.4 is 0 Å². The van der Waals surface area contributed by atoms with Crippen molar-refractivity contribution in [1.29, 1.82) is 0 Å². The Morgan fingerprint density at radius 1 is 0.542 bits per heavy atom. The van der Waals surface area contributed by atoms with Gasteiger partial charge in [-0.2, -0.15) is 0 Å². The Morgan fingerprint density at radius 2 is 0.917 bits per heavy atom. The smallest absolute Gasteiger partial charge is 0.0452 e. The lowest BCUT2D eigenvalue weighted by Gasteiger charge is -2.50. The highest BCUT2D eigenvalue weighted by molar-refractivity contribution is 7.41. The SMILES string of the molecule is C[Si](C)(C1CC[C@H]2C=CC=CC12)[Si](C)(C)C1CC[C@@H]2C=CC=CC12. The highest BCUT2D eigenvalue weighted by Crippen LogP contribution is 2.57. The van der Waals surface area contributed by atoms with Gasteiger partial charge in [-0.25, -0.2) is 0 Å². The number of allylic oxidation sites excluding steroid dienone is 8. The van der Waals surface area contributed by atoms with Gasteiger partial charge in [0.2, 0.25) is 0 Å². The number of hydrogen-bond acceptors (Lipinski definition) is 0. The van der Waals surface area contributed by atoms with Crippen LogP contribution in [0.1, 0.15) is 25.7 Å². The van der Waals surface area contributed by atoms with E-state index in [-0.39, 0.29) is 0 Å². The molecule has 4 unspecified atom stereocenters. The summed E-state index contributed by atoms with van der Waals surface area (Å²) < 4.78 is 0. The van der Waals surface area contributed by atoms with E-state index in [0.717, 1.165) is 34.8 Å². The maximum atomic E-state index is 2.79. The fourth-order valence-corrected chi connectivity index (χ4v) is 20.6. The zero-order valence-electron chi connectivity index (χ0n) is 15.9. The first-order chi connectivity index (χ1) is 11.4. The molecule has 6 atom stereocenters. The number of hydrogen-bond donors (Lipinski definition) is 0. The predicted molar refractivity (Wildman–Crippen MR) is 111 cm³/mol. The molecular formula is C22H34Si2. The van der Waals surface area contributed by atoms with Crippen LogP contribution in [-0.2, 0) is 0 Å². The normalized spacial score (nSPS) is 40.8. The molecule has 0 aromatic carbocycles. The molecular weight excluding hydrogens is 320 g/mol. The molecule has 2 fully saturated rings. The molecule has 130 valence electrons. The molecule has 0 radical (unpaired) electrons. The van der Waals surface area contributed by atoms with E-state index in [1.54, 1.807) is 0 Å². The molecule has 0 amide bonds. The standard InChI is InChI=1S/C22H34Si2/c1-23(2,21-15-13-17-9-5-7-11-19(17)21)24(3,4)22-16-14-18-10-6-8-12-20(18)22/h5-12,17-22H,13-16H2,1-4H3/t17-,18+,19?,20?,21?,22?. The fourth-order valence-electron chi connectivity index (χ4n) is 6.55. The quantitative estimate of drug-likeness (QED) is 0.506. The van der Waals surface area contributed by atoms with E-state index in [1.165, 1.54) is 25.7 Å². The molecule has 0 bridgehead atoms. The van der Waals surface area contributed by atoms with E-state index in [4.69, 9.17) is 0 Å². The largest absolute Gasteiger partial charge is 0.0809 e. The van der Waals surface area contributed by atoms with Gasteiger partial charge in [-0.15, -0.1) is 0 Å². The van der Waals surface area contributed by atoms with Crippen molar-refractivity contribution in [2.75, 3.05) is 0 Å². The van der Waals surface area contributed by atoms with Crippen LogP contribution in [0.15, 0.2) is 48.6 Å². The minimum Gasteiger partial charge on any atom is -0.0809 e. The minimum atomic E-state index is -1.25. The summed E-state index contributed by atoms with van der Waals surface area (Å²) >= 11 is 0. The van der Waals surface area contributed by atoms with E-state index in [9.17, 15) is 0 Å². The average molecular weight is 355 g/mol. The third kappa shape index (κ3) is 2.44. The maximum Gasteiger partial charge on any atom is 0.0452 e. The van der Waals surface area contributed by atoms with E-state index in [1.807, 2.05) is 0 Å². The van der Waals surface area contributed by atoms with E-state index in [0.29, 0.717) is 0 Å². The van der Waals surface area contributed by atoms with Crippen LogP contribution in [0.25, 0.3) is 0 Å². The van der Waals surface area contributed by atoms with Gasteiger partial charge in [-0.3, -0.25) is 0 Å². The van der Waals surface area contributed by atoms with Gasteiger partial charge in [-0.05, 0) is 47.6 Å². The molecule has 0 N–H and O–H groups in total. The summed E-state index contributed by atoms with van der Waals surface area (Å²) in [5.74, 6) is 3.43. The summed E-state index contributed by atoms with van der Waals surface area (Å²) in [5, 5.41) is 0. The van der Waals surface area contributed by atoms with Crippen molar-refractivity contribution in [2.45, 2.75) is 63.0 Å². The Morgan fingerprint density at radius 3 is 1.33 bits per heavy atom. The molecule has 4 aliphatic rings. The van der Waals surface area contributed by atoms with Crippen molar-refractivity contribution in [3.05, 3.63) is 48.6 Å². The monoisotopic (exact) mass is 354 g/mol. The Bertz CT molecular complexity index is 553. The molecule has 0 spiro atoms. The first kappa shape index (κ1) is 16.8. The summed E-state index contributed by atoms with van der Waals surface area (Å²) in [6.07, 6.45) is 25.3. The fraction of sp³-hybridized carbons (Fsp3) is 0.636. The third-order valence-corrected chi connectivity index (χ3v) is 29.2. The number of fused-ring (bicyclic) bond motifs is 2. The van der Waals surface area contributed by atoms with Gasteiger partial charge in [0.15, 0.2) is 0 Å². The second-order valence-corrected chi connectivity index (χ2v) is 25.9. The van der Waals surface area contributed by atoms with Crippen LogP contribution in [0, 0.1) is 23.7 Å². The van der Waals surface area contributed by atoms with Gasteiger partial charge in [-0.1, -0.05) is 87.6 Å². The van der Waals surface area contributed by atoms with Crippen LogP contribution in [0.2, 0.25) is 37.3 Å². The van der Waals surface area contributed by atoms with Crippen molar-refractivity contribution in [3.8, 4) is 0 Å². The summed E-state index contributed by atoms with van der Waals surface area (Å²) in [6, 6.07) is 0. The maximum absolute atomic E-state index is 2.79. The number of rotatable bonds is 3. The first-order valence-corrected chi connectivity index (χ1v) is 17.3. The lowest BCUT2D eigenvalue weighted by Crippen LogP contribution is -2.61. The van der Waals surface area contributed by atoms with Crippen LogP contribution in [-0.4, -0.2) is 15.2 Å². The second kappa shape index (κ2) is 5.98. The molecule has 0 aliphatic heterocycles. The zero-order chi connectivity index (χ0) is 16.9. The zero-order valence-corrected chi connectivity index (χ0v) is 17.9. The van der Waals surface area contributed by atoms with Crippen molar-refractivity contribution >= 4 is 15.2 Å². The molecule has 0 aromatic rings. The molecule has 2 heteroatoms. The molecule has 2 saturated carbocycles. The molecule has 0 saturated heterocycles. The lowest BCUT2D eigenvalue weighted by atomic mass is 9.92. The predicted octanol–water partition coefficient (Wildman–Crippen LogP) is 6.53. The van der Waals surface area contributed by atoms with Crippen LogP contribution in [0.4, 0.5) is 0 Å². The van der Waals surface area contributed by atoms with Gasteiger partial charge in [0.05, 0.1) is 0 Å². The van der Waals surface area contributed by atoms with Crippen LogP contribution in [0.5, 0.6) is 0 Å². The van der Waals surface area contributed by atoms with E-state index >= 15 is 0 Å². The Kier molecular flexibility index (Phi) is 4.20. The van der Waals surface area contributed by atoms with Crippen LogP contribution >= 0.6 is 0 Å². The van der Waals surface area contributed by atoms with E-state index in [2.05, 4.69) is 74.8 Å². The third-order valence-electron chi connectivity index (χ3n) is 8.66. The van der Waals surface area contributed by atoms with Crippen molar-refractivity contribution in [2.24, 2.45) is 23.7 Å². The van der Waals surface area contributed by atoms with Crippen molar-refractivity contribution < 1.29 is 0 Å². The molecule has 4 aliphatic carbocycles. The molecule has 0 aromatic heterocycles. The second-order valence-electron chi connectivity index (χ2n) is 9.83.